The Kier molecular flexibility index (Phi) is 10.5. The molecular weight excluding hydrogens is 551 g/mol. The van der Waals surface area contributed by atoms with Gasteiger partial charge in [0.2, 0.25) is 0 Å². The van der Waals surface area contributed by atoms with Crippen LogP contribution in [-0.2, 0) is 11.2 Å². The average Bonchev–Trinajstić information content (AvgIpc) is 2.72. The highest BCUT2D eigenvalue weighted by molar-refractivity contribution is 14.1. The lowest BCUT2D eigenvalue weighted by Crippen LogP contribution is -2.50. The van der Waals surface area contributed by atoms with Crippen molar-refractivity contribution in [2.75, 3.05) is 13.9 Å². The molecule has 2 rings (SSSR count). The third-order valence-corrected chi connectivity index (χ3v) is 13.9. The summed E-state index contributed by atoms with van der Waals surface area (Å²) in [7, 11) is -0.318. The first kappa shape index (κ1) is 29.2. The maximum atomic E-state index is 6.99. The molecule has 0 bridgehead atoms. The van der Waals surface area contributed by atoms with E-state index < -0.39 is 8.32 Å². The first-order valence-corrected chi connectivity index (χ1v) is 15.8. The van der Waals surface area contributed by atoms with Gasteiger partial charge in [0.05, 0.1) is 3.57 Å². The van der Waals surface area contributed by atoms with Crippen molar-refractivity contribution in [1.29, 1.82) is 0 Å². The summed E-state index contributed by atoms with van der Waals surface area (Å²) in [5.41, 5.74) is 8.21. The molecule has 2 aromatic rings. The van der Waals surface area contributed by atoms with Gasteiger partial charge >= 0.3 is 0 Å². The van der Waals surface area contributed by atoms with Crippen molar-refractivity contribution in [1.82, 2.24) is 0 Å². The van der Waals surface area contributed by atoms with E-state index in [2.05, 4.69) is 116 Å². The molecule has 0 N–H and O–H groups in total. The number of methoxy groups -OCH3 is 1. The maximum absolute atomic E-state index is 6.99. The minimum absolute atomic E-state index is 0.267. The Morgan fingerprint density at radius 2 is 1.35 bits per heavy atom. The number of halogens is 1. The Morgan fingerprint density at radius 1 is 0.824 bits per heavy atom. The van der Waals surface area contributed by atoms with E-state index in [1.54, 1.807) is 7.11 Å². The van der Waals surface area contributed by atoms with Crippen LogP contribution >= 0.6 is 22.6 Å². The zero-order valence-corrected chi connectivity index (χ0v) is 26.3. The lowest BCUT2D eigenvalue weighted by Gasteiger charge is -2.42. The van der Waals surface area contributed by atoms with Gasteiger partial charge in [0, 0.05) is 7.11 Å². The van der Waals surface area contributed by atoms with Crippen LogP contribution in [0, 0.1) is 17.4 Å². The zero-order valence-electron chi connectivity index (χ0n) is 23.1. The molecule has 0 aromatic heterocycles. The fourth-order valence-corrected chi connectivity index (χ4v) is 11.6. The molecule has 0 fully saturated rings. The molecule has 0 unspecified atom stereocenters. The molecule has 0 amide bonds. The second-order valence-corrected chi connectivity index (χ2v) is 17.4. The van der Waals surface area contributed by atoms with E-state index in [-0.39, 0.29) is 6.79 Å². The van der Waals surface area contributed by atoms with Crippen molar-refractivity contribution in [2.45, 2.75) is 98.2 Å². The molecule has 190 valence electrons. The van der Waals surface area contributed by atoms with Gasteiger partial charge < -0.3 is 13.9 Å². The molecule has 34 heavy (non-hydrogen) atoms. The largest absolute Gasteiger partial charge is 0.543 e. The predicted molar refractivity (Wildman–Crippen MR) is 156 cm³/mol. The molecule has 0 aliphatic rings. The van der Waals surface area contributed by atoms with Gasteiger partial charge in [0.15, 0.2) is 6.79 Å². The highest BCUT2D eigenvalue weighted by atomic mass is 127. The number of hydrogen-bond acceptors (Lipinski definition) is 3. The predicted octanol–water partition coefficient (Wildman–Crippen LogP) is 9.16. The molecule has 0 atom stereocenters. The number of hydrogen-bond donors (Lipinski definition) is 0. The van der Waals surface area contributed by atoms with Crippen molar-refractivity contribution in [3.8, 4) is 11.5 Å². The third-order valence-electron chi connectivity index (χ3n) is 7.13. The summed E-state index contributed by atoms with van der Waals surface area (Å²) < 4.78 is 19.2. The summed E-state index contributed by atoms with van der Waals surface area (Å²) in [6.45, 7) is 23.2. The lowest BCUT2D eigenvalue weighted by atomic mass is 9.93. The molecule has 0 saturated carbocycles. The van der Waals surface area contributed by atoms with Crippen molar-refractivity contribution < 1.29 is 13.9 Å². The van der Waals surface area contributed by atoms with Crippen LogP contribution in [0.1, 0.15) is 89.1 Å². The minimum atomic E-state index is -1.98. The number of aryl methyl sites for hydroxylation is 2. The lowest BCUT2D eigenvalue weighted by molar-refractivity contribution is 0.0496. The molecular formula is C29H45IO3Si. The minimum Gasteiger partial charge on any atom is -0.543 e. The van der Waals surface area contributed by atoms with Crippen LogP contribution in [0.5, 0.6) is 11.5 Å². The normalized spacial score (nSPS) is 12.4. The first-order valence-electron chi connectivity index (χ1n) is 12.6. The summed E-state index contributed by atoms with van der Waals surface area (Å²) in [6.07, 6.45) is 0.902. The van der Waals surface area contributed by atoms with E-state index in [0.717, 1.165) is 21.5 Å². The monoisotopic (exact) mass is 596 g/mol. The zero-order chi connectivity index (χ0) is 25.8. The van der Waals surface area contributed by atoms with Crippen LogP contribution in [0.2, 0.25) is 16.6 Å². The van der Waals surface area contributed by atoms with Crippen LogP contribution in [0.4, 0.5) is 0 Å². The molecule has 0 saturated heterocycles. The molecule has 0 radical (unpaired) electrons. The van der Waals surface area contributed by atoms with Crippen LogP contribution in [0.3, 0.4) is 0 Å². The number of rotatable bonds is 11. The molecule has 5 heteroatoms. The quantitative estimate of drug-likeness (QED) is 0.147. The summed E-state index contributed by atoms with van der Waals surface area (Å²) in [6, 6.07) is 9.08. The van der Waals surface area contributed by atoms with Gasteiger partial charge in [0.1, 0.15) is 11.5 Å². The second kappa shape index (κ2) is 12.3. The van der Waals surface area contributed by atoms with Gasteiger partial charge in [-0.2, -0.15) is 0 Å². The molecule has 0 spiro atoms. The van der Waals surface area contributed by atoms with Gasteiger partial charge in [-0.3, -0.25) is 0 Å². The standard InChI is InChI=1S/C29H45IO3Si/c1-18(2)26-14-24(16-28(30)29(26)32-17-31-11)15-27-22(9)12-25(13-23(27)10)33-34(19(3)4,20(5)6)21(7)8/h12-14,16,18-21H,15,17H2,1-11H3. The van der Waals surface area contributed by atoms with Crippen molar-refractivity contribution >= 4 is 30.9 Å². The topological polar surface area (TPSA) is 27.7 Å². The summed E-state index contributed by atoms with van der Waals surface area (Å²) in [5.74, 6) is 2.36. The van der Waals surface area contributed by atoms with Gasteiger partial charge in [-0.05, 0) is 111 Å². The maximum Gasteiger partial charge on any atom is 0.258 e. The van der Waals surface area contributed by atoms with Crippen molar-refractivity contribution in [2.24, 2.45) is 0 Å². The number of ether oxygens (including phenoxy) is 2. The van der Waals surface area contributed by atoms with Crippen LogP contribution in [0.25, 0.3) is 0 Å². The highest BCUT2D eigenvalue weighted by Gasteiger charge is 2.47. The van der Waals surface area contributed by atoms with Crippen LogP contribution < -0.4 is 9.16 Å². The van der Waals surface area contributed by atoms with Crippen molar-refractivity contribution in [3.63, 3.8) is 0 Å². The van der Waals surface area contributed by atoms with E-state index in [9.17, 15) is 0 Å². The average molecular weight is 597 g/mol. The first-order chi connectivity index (χ1) is 15.8. The Bertz CT molecular complexity index is 921. The molecule has 0 aliphatic carbocycles. The molecule has 0 aliphatic heterocycles. The Balaban J connectivity index is 2.43. The van der Waals surface area contributed by atoms with E-state index in [1.807, 2.05) is 0 Å². The van der Waals surface area contributed by atoms with Crippen molar-refractivity contribution in [3.05, 3.63) is 55.7 Å². The van der Waals surface area contributed by atoms with Crippen LogP contribution in [-0.4, -0.2) is 22.2 Å². The Hall–Kier alpha value is -1.05. The third kappa shape index (κ3) is 6.38. The molecule has 0 heterocycles. The van der Waals surface area contributed by atoms with E-state index >= 15 is 0 Å². The van der Waals surface area contributed by atoms with Gasteiger partial charge in [0.25, 0.3) is 8.32 Å². The summed E-state index contributed by atoms with van der Waals surface area (Å²) >= 11 is 2.39. The Morgan fingerprint density at radius 3 is 1.79 bits per heavy atom. The van der Waals surface area contributed by atoms with E-state index in [0.29, 0.717) is 22.5 Å². The van der Waals surface area contributed by atoms with Crippen LogP contribution in [0.15, 0.2) is 24.3 Å². The summed E-state index contributed by atoms with van der Waals surface area (Å²) in [5, 5.41) is 0. The highest BCUT2D eigenvalue weighted by Crippen LogP contribution is 2.43. The fraction of sp³-hybridized carbons (Fsp3) is 0.586. The van der Waals surface area contributed by atoms with Gasteiger partial charge in [-0.15, -0.1) is 0 Å². The van der Waals surface area contributed by atoms with Gasteiger partial charge in [-0.25, -0.2) is 0 Å². The number of benzene rings is 2. The van der Waals surface area contributed by atoms with Gasteiger partial charge in [-0.1, -0.05) is 61.5 Å². The second-order valence-electron chi connectivity index (χ2n) is 10.8. The molecule has 2 aromatic carbocycles. The molecule has 3 nitrogen and oxygen atoms in total. The van der Waals surface area contributed by atoms with E-state index in [4.69, 9.17) is 13.9 Å². The Labute approximate surface area is 223 Å². The van der Waals surface area contributed by atoms with E-state index in [1.165, 1.54) is 27.8 Å². The SMILES string of the molecule is COCOc1c(I)cc(Cc2c(C)cc(O[Si](C(C)C)(C(C)C)C(C)C)cc2C)cc1C(C)C. The fourth-order valence-electron chi connectivity index (χ4n) is 5.53. The smallest absolute Gasteiger partial charge is 0.258 e. The summed E-state index contributed by atoms with van der Waals surface area (Å²) in [4.78, 5) is 0.